The molecule has 0 heterocycles. The first-order valence-electron chi connectivity index (χ1n) is 7.02. The second kappa shape index (κ2) is 5.22. The van der Waals surface area contributed by atoms with Gasteiger partial charge >= 0.3 is 0 Å². The lowest BCUT2D eigenvalue weighted by atomic mass is 9.99. The van der Waals surface area contributed by atoms with E-state index in [1.54, 1.807) is 7.11 Å². The van der Waals surface area contributed by atoms with E-state index in [2.05, 4.69) is 12.1 Å². The molecule has 100 valence electrons. The zero-order chi connectivity index (χ0) is 13.2. The molecule has 2 aromatic carbocycles. The van der Waals surface area contributed by atoms with E-state index in [1.807, 2.05) is 24.3 Å². The number of ether oxygens (including phenoxy) is 1. The average molecular weight is 256 g/mol. The molecule has 2 heteroatoms. The molecular formula is C17H20O2. The monoisotopic (exact) mass is 256 g/mol. The lowest BCUT2D eigenvalue weighted by Crippen LogP contribution is -1.98. The van der Waals surface area contributed by atoms with Gasteiger partial charge in [0, 0.05) is 0 Å². The lowest BCUT2D eigenvalue weighted by molar-refractivity contribution is 0.162. The second-order valence-corrected chi connectivity index (χ2v) is 5.51. The van der Waals surface area contributed by atoms with E-state index in [9.17, 15) is 5.11 Å². The smallest absolute Gasteiger partial charge is 0.119 e. The summed E-state index contributed by atoms with van der Waals surface area (Å²) in [5.41, 5.74) is 1.03. The van der Waals surface area contributed by atoms with Gasteiger partial charge in [0.25, 0.3) is 0 Å². The van der Waals surface area contributed by atoms with Crippen molar-refractivity contribution in [1.82, 2.24) is 0 Å². The van der Waals surface area contributed by atoms with Gasteiger partial charge in [-0.05, 0) is 53.3 Å². The topological polar surface area (TPSA) is 29.5 Å². The predicted octanol–water partition coefficient (Wildman–Crippen LogP) is 4.07. The fraction of sp³-hybridized carbons (Fsp3) is 0.412. The average Bonchev–Trinajstić information content (AvgIpc) is 3.27. The van der Waals surface area contributed by atoms with Crippen LogP contribution in [-0.4, -0.2) is 12.2 Å². The van der Waals surface area contributed by atoms with Crippen molar-refractivity contribution in [3.63, 3.8) is 0 Å². The Hall–Kier alpha value is -1.54. The van der Waals surface area contributed by atoms with Crippen LogP contribution in [0, 0.1) is 5.92 Å². The van der Waals surface area contributed by atoms with Crippen LogP contribution in [0.4, 0.5) is 0 Å². The molecule has 2 nitrogen and oxygen atoms in total. The second-order valence-electron chi connectivity index (χ2n) is 5.51. The van der Waals surface area contributed by atoms with E-state index < -0.39 is 0 Å². The Morgan fingerprint density at radius 3 is 2.63 bits per heavy atom. The van der Waals surface area contributed by atoms with Crippen molar-refractivity contribution in [3.8, 4) is 5.75 Å². The first-order chi connectivity index (χ1) is 9.26. The quantitative estimate of drug-likeness (QED) is 0.873. The van der Waals surface area contributed by atoms with Crippen LogP contribution >= 0.6 is 0 Å². The van der Waals surface area contributed by atoms with E-state index in [0.717, 1.165) is 40.8 Å². The van der Waals surface area contributed by atoms with Crippen molar-refractivity contribution < 1.29 is 9.84 Å². The Morgan fingerprint density at radius 1 is 1.16 bits per heavy atom. The first kappa shape index (κ1) is 12.5. The Balaban J connectivity index is 1.79. The SMILES string of the molecule is COc1ccc2cc(C(O)CCC3CC3)ccc2c1. The van der Waals surface area contributed by atoms with Crippen molar-refractivity contribution in [2.24, 2.45) is 5.92 Å². The number of aliphatic hydroxyl groups is 1. The molecule has 1 saturated carbocycles. The molecule has 0 aromatic heterocycles. The molecule has 0 spiro atoms. The molecule has 1 fully saturated rings. The van der Waals surface area contributed by atoms with Gasteiger partial charge in [-0.2, -0.15) is 0 Å². The fourth-order valence-electron chi connectivity index (χ4n) is 2.54. The normalized spacial score (nSPS) is 16.5. The molecule has 0 aliphatic heterocycles. The van der Waals surface area contributed by atoms with Gasteiger partial charge in [0.05, 0.1) is 13.2 Å². The number of aliphatic hydroxyl groups excluding tert-OH is 1. The summed E-state index contributed by atoms with van der Waals surface area (Å²) in [6.07, 6.45) is 4.41. The van der Waals surface area contributed by atoms with Crippen LogP contribution in [0.15, 0.2) is 36.4 Å². The molecule has 1 aliphatic carbocycles. The van der Waals surface area contributed by atoms with Crippen LogP contribution in [0.2, 0.25) is 0 Å². The Morgan fingerprint density at radius 2 is 1.89 bits per heavy atom. The fourth-order valence-corrected chi connectivity index (χ4v) is 2.54. The highest BCUT2D eigenvalue weighted by molar-refractivity contribution is 5.84. The molecule has 1 unspecified atom stereocenters. The van der Waals surface area contributed by atoms with Crippen molar-refractivity contribution in [2.75, 3.05) is 7.11 Å². The summed E-state index contributed by atoms with van der Waals surface area (Å²) in [5.74, 6) is 1.74. The lowest BCUT2D eigenvalue weighted by Gasteiger charge is -2.12. The highest BCUT2D eigenvalue weighted by Crippen LogP contribution is 2.36. The van der Waals surface area contributed by atoms with E-state index in [1.165, 1.54) is 12.8 Å². The third kappa shape index (κ3) is 2.90. The number of hydrogen-bond donors (Lipinski definition) is 1. The zero-order valence-electron chi connectivity index (χ0n) is 11.3. The van der Waals surface area contributed by atoms with Gasteiger partial charge in [-0.25, -0.2) is 0 Å². The number of benzene rings is 2. The minimum atomic E-state index is -0.327. The standard InChI is InChI=1S/C17H20O2/c1-19-16-8-7-13-10-15(6-5-14(13)11-16)17(18)9-4-12-2-3-12/h5-8,10-12,17-18H,2-4,9H2,1H3. The van der Waals surface area contributed by atoms with Crippen LogP contribution in [0.1, 0.15) is 37.4 Å². The Kier molecular flexibility index (Phi) is 3.43. The van der Waals surface area contributed by atoms with E-state index in [-0.39, 0.29) is 6.10 Å². The van der Waals surface area contributed by atoms with Crippen molar-refractivity contribution in [1.29, 1.82) is 0 Å². The predicted molar refractivity (Wildman–Crippen MR) is 77.4 cm³/mol. The summed E-state index contributed by atoms with van der Waals surface area (Å²) in [4.78, 5) is 0. The maximum Gasteiger partial charge on any atom is 0.119 e. The highest BCUT2D eigenvalue weighted by Gasteiger charge is 2.22. The molecule has 2 aromatic rings. The largest absolute Gasteiger partial charge is 0.497 e. The van der Waals surface area contributed by atoms with Crippen LogP contribution in [0.5, 0.6) is 5.75 Å². The van der Waals surface area contributed by atoms with E-state index >= 15 is 0 Å². The summed E-state index contributed by atoms with van der Waals surface area (Å²) < 4.78 is 5.22. The number of hydrogen-bond acceptors (Lipinski definition) is 2. The summed E-state index contributed by atoms with van der Waals surface area (Å²) in [7, 11) is 1.68. The van der Waals surface area contributed by atoms with E-state index in [4.69, 9.17) is 4.74 Å². The molecule has 1 aliphatic rings. The Labute approximate surface area is 114 Å². The maximum absolute atomic E-state index is 10.2. The van der Waals surface area contributed by atoms with Crippen LogP contribution in [0.3, 0.4) is 0 Å². The third-order valence-electron chi connectivity index (χ3n) is 4.00. The van der Waals surface area contributed by atoms with Crippen LogP contribution in [0.25, 0.3) is 10.8 Å². The maximum atomic E-state index is 10.2. The van der Waals surface area contributed by atoms with Gasteiger partial charge in [0.15, 0.2) is 0 Å². The van der Waals surface area contributed by atoms with Crippen molar-refractivity contribution in [3.05, 3.63) is 42.0 Å². The number of rotatable bonds is 5. The molecule has 0 saturated heterocycles. The summed E-state index contributed by atoms with van der Waals surface area (Å²) in [5, 5.41) is 12.5. The van der Waals surface area contributed by atoms with Gasteiger partial charge in [-0.3, -0.25) is 0 Å². The molecule has 0 bridgehead atoms. The van der Waals surface area contributed by atoms with Crippen molar-refractivity contribution >= 4 is 10.8 Å². The van der Waals surface area contributed by atoms with Gasteiger partial charge in [0.2, 0.25) is 0 Å². The van der Waals surface area contributed by atoms with Gasteiger partial charge in [0.1, 0.15) is 5.75 Å². The van der Waals surface area contributed by atoms with Gasteiger partial charge in [-0.1, -0.05) is 31.0 Å². The number of methoxy groups -OCH3 is 1. The summed E-state index contributed by atoms with van der Waals surface area (Å²) in [6, 6.07) is 12.2. The molecule has 3 rings (SSSR count). The zero-order valence-corrected chi connectivity index (χ0v) is 11.3. The first-order valence-corrected chi connectivity index (χ1v) is 7.02. The minimum absolute atomic E-state index is 0.327. The van der Waals surface area contributed by atoms with Crippen LogP contribution in [-0.2, 0) is 0 Å². The summed E-state index contributed by atoms with van der Waals surface area (Å²) in [6.45, 7) is 0. The molecule has 19 heavy (non-hydrogen) atoms. The van der Waals surface area contributed by atoms with Crippen molar-refractivity contribution in [2.45, 2.75) is 31.8 Å². The Bertz CT molecular complexity index is 572. The molecule has 1 N–H and O–H groups in total. The van der Waals surface area contributed by atoms with E-state index in [0.29, 0.717) is 0 Å². The van der Waals surface area contributed by atoms with Gasteiger partial charge in [-0.15, -0.1) is 0 Å². The summed E-state index contributed by atoms with van der Waals surface area (Å²) >= 11 is 0. The van der Waals surface area contributed by atoms with Gasteiger partial charge < -0.3 is 9.84 Å². The highest BCUT2D eigenvalue weighted by atomic mass is 16.5. The minimum Gasteiger partial charge on any atom is -0.497 e. The molecule has 0 radical (unpaired) electrons. The number of fused-ring (bicyclic) bond motifs is 1. The molecule has 1 atom stereocenters. The van der Waals surface area contributed by atoms with Crippen LogP contribution < -0.4 is 4.74 Å². The molecular weight excluding hydrogens is 236 g/mol. The molecule has 0 amide bonds. The third-order valence-corrected chi connectivity index (χ3v) is 4.00.